The average Bonchev–Trinajstić information content (AvgIpc) is 3.50. The number of aryl methyl sites for hydroxylation is 1. The highest BCUT2D eigenvalue weighted by atomic mass is 32.1. The lowest BCUT2D eigenvalue weighted by Crippen LogP contribution is -2.36. The number of hydrogen-bond donors (Lipinski definition) is 1. The standard InChI is InChI=1S/C22H24N4O2S/c27-21(23-14-18(19-5-4-12-29-19)25-9-1-2-10-25)15-7-8-16-17(13-15)24-20-6-3-11-26(20)22(16)28/h4-5,7-8,12-13,18H,1-3,6,9-11,14H2,(H,23,27). The van der Waals surface area contributed by atoms with Crippen molar-refractivity contribution in [3.8, 4) is 0 Å². The molecule has 1 N–H and O–H groups in total. The van der Waals surface area contributed by atoms with Crippen molar-refractivity contribution in [3.05, 3.63) is 62.3 Å². The Balaban J connectivity index is 1.37. The number of carbonyl (C=O) groups excluding carboxylic acids is 1. The second-order valence-corrected chi connectivity index (χ2v) is 8.78. The summed E-state index contributed by atoms with van der Waals surface area (Å²) in [6, 6.07) is 9.65. The second-order valence-electron chi connectivity index (χ2n) is 7.80. The molecule has 6 nitrogen and oxygen atoms in total. The lowest BCUT2D eigenvalue weighted by Gasteiger charge is -2.27. The molecule has 1 atom stereocenters. The Labute approximate surface area is 173 Å². The van der Waals surface area contributed by atoms with E-state index in [1.807, 2.05) is 0 Å². The van der Waals surface area contributed by atoms with Crippen molar-refractivity contribution >= 4 is 28.1 Å². The smallest absolute Gasteiger partial charge is 0.261 e. The first-order valence-electron chi connectivity index (χ1n) is 10.3. The van der Waals surface area contributed by atoms with Crippen molar-refractivity contribution in [1.82, 2.24) is 19.8 Å². The summed E-state index contributed by atoms with van der Waals surface area (Å²) in [6.45, 7) is 3.47. The zero-order chi connectivity index (χ0) is 19.8. The van der Waals surface area contributed by atoms with E-state index in [0.717, 1.165) is 38.3 Å². The lowest BCUT2D eigenvalue weighted by molar-refractivity contribution is 0.0938. The summed E-state index contributed by atoms with van der Waals surface area (Å²) in [6.07, 6.45) is 4.20. The van der Waals surface area contributed by atoms with Gasteiger partial charge in [0.2, 0.25) is 0 Å². The molecule has 1 unspecified atom stereocenters. The molecule has 1 amide bonds. The normalized spacial score (nSPS) is 17.5. The van der Waals surface area contributed by atoms with Crippen LogP contribution in [0.25, 0.3) is 10.9 Å². The quantitative estimate of drug-likeness (QED) is 0.705. The van der Waals surface area contributed by atoms with Gasteiger partial charge in [-0.2, -0.15) is 0 Å². The van der Waals surface area contributed by atoms with Crippen LogP contribution in [0.4, 0.5) is 0 Å². The predicted octanol–water partition coefficient (Wildman–Crippen LogP) is 2.97. The van der Waals surface area contributed by atoms with Gasteiger partial charge in [0, 0.05) is 30.0 Å². The Morgan fingerprint density at radius 3 is 2.83 bits per heavy atom. The molecule has 150 valence electrons. The Bertz CT molecular complexity index is 1100. The van der Waals surface area contributed by atoms with E-state index in [-0.39, 0.29) is 17.5 Å². The van der Waals surface area contributed by atoms with Crippen molar-refractivity contribution in [2.75, 3.05) is 19.6 Å². The zero-order valence-corrected chi connectivity index (χ0v) is 17.1. The van der Waals surface area contributed by atoms with E-state index in [1.54, 1.807) is 34.1 Å². The first-order valence-corrected chi connectivity index (χ1v) is 11.2. The van der Waals surface area contributed by atoms with Crippen molar-refractivity contribution in [2.45, 2.75) is 38.3 Å². The van der Waals surface area contributed by atoms with Gasteiger partial charge in [-0.25, -0.2) is 4.98 Å². The minimum atomic E-state index is -0.116. The number of amides is 1. The number of likely N-dealkylation sites (tertiary alicyclic amines) is 1. The monoisotopic (exact) mass is 408 g/mol. The number of fused-ring (bicyclic) bond motifs is 2. The highest BCUT2D eigenvalue weighted by molar-refractivity contribution is 7.10. The van der Waals surface area contributed by atoms with E-state index in [1.165, 1.54) is 17.7 Å². The Hall–Kier alpha value is -2.51. The maximum Gasteiger partial charge on any atom is 0.261 e. The summed E-state index contributed by atoms with van der Waals surface area (Å²) in [7, 11) is 0. The van der Waals surface area contributed by atoms with Crippen LogP contribution >= 0.6 is 11.3 Å². The highest BCUT2D eigenvalue weighted by Gasteiger charge is 2.25. The SMILES string of the molecule is O=C(NCC(c1cccs1)N1CCCC1)c1ccc2c(=O)n3c(nc2c1)CCC3. The molecule has 0 spiro atoms. The summed E-state index contributed by atoms with van der Waals surface area (Å²) in [5.74, 6) is 0.710. The van der Waals surface area contributed by atoms with E-state index in [9.17, 15) is 9.59 Å². The lowest BCUT2D eigenvalue weighted by atomic mass is 10.1. The molecule has 1 aromatic carbocycles. The topological polar surface area (TPSA) is 67.2 Å². The third-order valence-corrected chi connectivity index (χ3v) is 6.96. The summed E-state index contributed by atoms with van der Waals surface area (Å²) in [4.78, 5) is 33.9. The second kappa shape index (κ2) is 7.72. The number of aromatic nitrogens is 2. The van der Waals surface area contributed by atoms with E-state index in [4.69, 9.17) is 0 Å². The number of carbonyl (C=O) groups is 1. The van der Waals surface area contributed by atoms with Crippen LogP contribution < -0.4 is 10.9 Å². The van der Waals surface area contributed by atoms with E-state index in [0.29, 0.717) is 23.0 Å². The maximum atomic E-state index is 12.9. The van der Waals surface area contributed by atoms with Gasteiger partial charge in [0.25, 0.3) is 11.5 Å². The molecule has 5 rings (SSSR count). The largest absolute Gasteiger partial charge is 0.350 e. The Kier molecular flexibility index (Phi) is 4.93. The van der Waals surface area contributed by atoms with Crippen LogP contribution in [0.1, 0.15) is 46.4 Å². The molecule has 0 saturated carbocycles. The fourth-order valence-electron chi connectivity index (χ4n) is 4.46. The van der Waals surface area contributed by atoms with Gasteiger partial charge in [0.15, 0.2) is 0 Å². The number of nitrogens with zero attached hydrogens (tertiary/aromatic N) is 3. The molecule has 2 aromatic heterocycles. The summed E-state index contributed by atoms with van der Waals surface area (Å²) in [5.41, 5.74) is 1.17. The van der Waals surface area contributed by atoms with E-state index in [2.05, 4.69) is 32.7 Å². The summed E-state index contributed by atoms with van der Waals surface area (Å²) < 4.78 is 1.75. The van der Waals surface area contributed by atoms with Crippen LogP contribution in [0.3, 0.4) is 0 Å². The third-order valence-electron chi connectivity index (χ3n) is 5.99. The van der Waals surface area contributed by atoms with E-state index >= 15 is 0 Å². The average molecular weight is 409 g/mol. The molecule has 0 radical (unpaired) electrons. The highest BCUT2D eigenvalue weighted by Crippen LogP contribution is 2.28. The first-order chi connectivity index (χ1) is 14.2. The van der Waals surface area contributed by atoms with Crippen LogP contribution in [0.2, 0.25) is 0 Å². The number of benzene rings is 1. The number of thiophene rings is 1. The molecular weight excluding hydrogens is 384 g/mol. The van der Waals surface area contributed by atoms with Gasteiger partial charge in [-0.05, 0) is 62.0 Å². The number of hydrogen-bond acceptors (Lipinski definition) is 5. The van der Waals surface area contributed by atoms with Gasteiger partial charge in [-0.3, -0.25) is 19.1 Å². The van der Waals surface area contributed by atoms with Gasteiger partial charge in [0.1, 0.15) is 5.82 Å². The maximum absolute atomic E-state index is 12.9. The van der Waals surface area contributed by atoms with Crippen molar-refractivity contribution in [1.29, 1.82) is 0 Å². The molecule has 1 fully saturated rings. The molecule has 4 heterocycles. The fraction of sp³-hybridized carbons (Fsp3) is 0.409. The van der Waals surface area contributed by atoms with Gasteiger partial charge in [0.05, 0.1) is 16.9 Å². The molecular formula is C22H24N4O2S. The third kappa shape index (κ3) is 3.49. The first kappa shape index (κ1) is 18.5. The van der Waals surface area contributed by atoms with E-state index < -0.39 is 0 Å². The van der Waals surface area contributed by atoms with Crippen LogP contribution in [-0.2, 0) is 13.0 Å². The molecule has 2 aliphatic rings. The number of rotatable bonds is 5. The van der Waals surface area contributed by atoms with Crippen molar-refractivity contribution in [2.24, 2.45) is 0 Å². The van der Waals surface area contributed by atoms with Crippen LogP contribution in [0, 0.1) is 0 Å². The number of nitrogens with one attached hydrogen (secondary N) is 1. The van der Waals surface area contributed by atoms with Gasteiger partial charge in [-0.1, -0.05) is 6.07 Å². The van der Waals surface area contributed by atoms with Gasteiger partial charge in [-0.15, -0.1) is 11.3 Å². The Morgan fingerprint density at radius 1 is 1.17 bits per heavy atom. The predicted molar refractivity (Wildman–Crippen MR) is 115 cm³/mol. The fourth-order valence-corrected chi connectivity index (χ4v) is 5.32. The minimum Gasteiger partial charge on any atom is -0.350 e. The molecule has 0 bridgehead atoms. The molecule has 2 aliphatic heterocycles. The molecule has 29 heavy (non-hydrogen) atoms. The minimum absolute atomic E-state index is 0.00116. The molecule has 3 aromatic rings. The van der Waals surface area contributed by atoms with Gasteiger partial charge < -0.3 is 5.32 Å². The van der Waals surface area contributed by atoms with Crippen LogP contribution in [0.5, 0.6) is 0 Å². The summed E-state index contributed by atoms with van der Waals surface area (Å²) >= 11 is 1.74. The summed E-state index contributed by atoms with van der Waals surface area (Å²) in [5, 5.41) is 5.78. The van der Waals surface area contributed by atoms with Gasteiger partial charge >= 0.3 is 0 Å². The molecule has 7 heteroatoms. The molecule has 1 saturated heterocycles. The zero-order valence-electron chi connectivity index (χ0n) is 16.3. The van der Waals surface area contributed by atoms with Crippen LogP contribution in [-0.4, -0.2) is 40.0 Å². The van der Waals surface area contributed by atoms with Crippen molar-refractivity contribution < 1.29 is 4.79 Å². The van der Waals surface area contributed by atoms with Crippen molar-refractivity contribution in [3.63, 3.8) is 0 Å². The Morgan fingerprint density at radius 2 is 2.03 bits per heavy atom. The molecule has 0 aliphatic carbocycles. The van der Waals surface area contributed by atoms with Crippen LogP contribution in [0.15, 0.2) is 40.5 Å².